The van der Waals surface area contributed by atoms with Gasteiger partial charge in [0.05, 0.1) is 18.4 Å². The number of hydrogen-bond acceptors (Lipinski definition) is 4. The van der Waals surface area contributed by atoms with Crippen molar-refractivity contribution in [3.8, 4) is 0 Å². The van der Waals surface area contributed by atoms with Crippen LogP contribution in [0.15, 0.2) is 0 Å². The summed E-state index contributed by atoms with van der Waals surface area (Å²) in [5.74, 6) is 0.247. The molecule has 2 fully saturated rings. The zero-order chi connectivity index (χ0) is 15.6. The number of carbonyl (C=O) groups is 3. The van der Waals surface area contributed by atoms with E-state index in [0.29, 0.717) is 18.8 Å². The second-order valence-corrected chi connectivity index (χ2v) is 7.05. The summed E-state index contributed by atoms with van der Waals surface area (Å²) in [4.78, 5) is 38.9. The van der Waals surface area contributed by atoms with Crippen LogP contribution in [0.4, 0.5) is 0 Å². The molecule has 0 radical (unpaired) electrons. The first-order valence-electron chi connectivity index (χ1n) is 7.29. The summed E-state index contributed by atoms with van der Waals surface area (Å²) >= 11 is 1.68. The zero-order valence-corrected chi connectivity index (χ0v) is 13.3. The van der Waals surface area contributed by atoms with Crippen LogP contribution in [-0.2, 0) is 14.4 Å². The summed E-state index contributed by atoms with van der Waals surface area (Å²) in [6, 6.07) is -0.154. The highest BCUT2D eigenvalue weighted by Gasteiger charge is 2.40. The Morgan fingerprint density at radius 1 is 1.43 bits per heavy atom. The first-order chi connectivity index (χ1) is 9.90. The molecule has 0 saturated carbocycles. The van der Waals surface area contributed by atoms with E-state index in [1.54, 1.807) is 21.6 Å². The van der Waals surface area contributed by atoms with Gasteiger partial charge in [-0.1, -0.05) is 0 Å². The molecule has 2 heterocycles. The maximum absolute atomic E-state index is 12.7. The predicted molar refractivity (Wildman–Crippen MR) is 80.0 cm³/mol. The van der Waals surface area contributed by atoms with Crippen LogP contribution in [0.25, 0.3) is 0 Å². The lowest BCUT2D eigenvalue weighted by molar-refractivity contribution is -0.142. The van der Waals surface area contributed by atoms with E-state index in [-0.39, 0.29) is 42.7 Å². The quantitative estimate of drug-likeness (QED) is 0.825. The summed E-state index contributed by atoms with van der Waals surface area (Å²) in [7, 11) is 0. The van der Waals surface area contributed by atoms with Crippen molar-refractivity contribution < 1.29 is 19.5 Å². The average molecular weight is 314 g/mol. The molecule has 118 valence electrons. The van der Waals surface area contributed by atoms with Crippen molar-refractivity contribution in [1.29, 1.82) is 0 Å². The van der Waals surface area contributed by atoms with Crippen LogP contribution in [-0.4, -0.2) is 69.4 Å². The highest BCUT2D eigenvalue weighted by molar-refractivity contribution is 7.99. The van der Waals surface area contributed by atoms with Gasteiger partial charge in [-0.3, -0.25) is 14.4 Å². The van der Waals surface area contributed by atoms with Gasteiger partial charge in [0.2, 0.25) is 11.8 Å². The molecule has 0 aromatic heterocycles. The van der Waals surface area contributed by atoms with E-state index in [1.165, 1.54) is 0 Å². The molecular weight excluding hydrogens is 292 g/mol. The molecule has 2 saturated heterocycles. The van der Waals surface area contributed by atoms with E-state index in [4.69, 9.17) is 5.11 Å². The fourth-order valence-corrected chi connectivity index (χ4v) is 4.01. The molecule has 0 aliphatic carbocycles. The molecule has 0 spiro atoms. The van der Waals surface area contributed by atoms with Crippen molar-refractivity contribution in [2.24, 2.45) is 5.92 Å². The van der Waals surface area contributed by atoms with Crippen LogP contribution in [0.2, 0.25) is 0 Å². The molecule has 21 heavy (non-hydrogen) atoms. The van der Waals surface area contributed by atoms with E-state index < -0.39 is 5.97 Å². The van der Waals surface area contributed by atoms with Gasteiger partial charge in [-0.15, -0.1) is 0 Å². The van der Waals surface area contributed by atoms with Gasteiger partial charge in [-0.25, -0.2) is 0 Å². The summed E-state index contributed by atoms with van der Waals surface area (Å²) < 4.78 is 0. The van der Waals surface area contributed by atoms with Crippen molar-refractivity contribution >= 4 is 29.5 Å². The summed E-state index contributed by atoms with van der Waals surface area (Å²) in [5.41, 5.74) is 0. The number of rotatable bonds is 4. The minimum atomic E-state index is -0.883. The Kier molecular flexibility index (Phi) is 5.13. The number of carboxylic acid groups (broad SMARTS) is 1. The molecule has 1 N–H and O–H groups in total. The second-order valence-electron chi connectivity index (χ2n) is 5.90. The molecule has 2 aliphatic rings. The van der Waals surface area contributed by atoms with E-state index in [9.17, 15) is 14.4 Å². The maximum atomic E-state index is 12.7. The lowest BCUT2D eigenvalue weighted by Crippen LogP contribution is -2.49. The Balaban J connectivity index is 2.04. The minimum Gasteiger partial charge on any atom is -0.481 e. The van der Waals surface area contributed by atoms with Crippen molar-refractivity contribution in [3.63, 3.8) is 0 Å². The number of nitrogens with zero attached hydrogens (tertiary/aromatic N) is 2. The number of amides is 2. The van der Waals surface area contributed by atoms with Crippen LogP contribution < -0.4 is 0 Å². The molecule has 2 amide bonds. The van der Waals surface area contributed by atoms with Gasteiger partial charge in [-0.2, -0.15) is 11.8 Å². The highest BCUT2D eigenvalue weighted by Crippen LogP contribution is 2.26. The fraction of sp³-hybridized carbons (Fsp3) is 0.786. The second kappa shape index (κ2) is 6.68. The smallest absolute Gasteiger partial charge is 0.305 e. The third-order valence-electron chi connectivity index (χ3n) is 4.05. The van der Waals surface area contributed by atoms with Gasteiger partial charge in [0.1, 0.15) is 0 Å². The van der Waals surface area contributed by atoms with Crippen LogP contribution in [0.3, 0.4) is 0 Å². The molecule has 0 aromatic carbocycles. The van der Waals surface area contributed by atoms with Gasteiger partial charge in [0.25, 0.3) is 0 Å². The number of carbonyl (C=O) groups excluding carboxylic acids is 2. The first-order valence-corrected chi connectivity index (χ1v) is 8.45. The van der Waals surface area contributed by atoms with E-state index in [0.717, 1.165) is 5.75 Å². The van der Waals surface area contributed by atoms with Crippen molar-refractivity contribution in [1.82, 2.24) is 9.80 Å². The molecule has 0 aromatic rings. The topological polar surface area (TPSA) is 77.9 Å². The molecule has 2 rings (SSSR count). The van der Waals surface area contributed by atoms with Crippen molar-refractivity contribution in [2.45, 2.75) is 38.8 Å². The molecule has 2 aliphatic heterocycles. The summed E-state index contributed by atoms with van der Waals surface area (Å²) in [5, 5.41) is 8.98. The largest absolute Gasteiger partial charge is 0.481 e. The average Bonchev–Trinajstić information content (AvgIpc) is 2.80. The van der Waals surface area contributed by atoms with E-state index in [2.05, 4.69) is 0 Å². The molecule has 0 bridgehead atoms. The molecule has 7 heteroatoms. The Hall–Kier alpha value is -1.24. The molecule has 2 atom stereocenters. The maximum Gasteiger partial charge on any atom is 0.305 e. The minimum absolute atomic E-state index is 0.0181. The summed E-state index contributed by atoms with van der Waals surface area (Å²) in [6.45, 7) is 4.91. The normalized spacial score (nSPS) is 26.5. The van der Waals surface area contributed by atoms with Crippen molar-refractivity contribution in [3.05, 3.63) is 0 Å². The van der Waals surface area contributed by atoms with E-state index >= 15 is 0 Å². The van der Waals surface area contributed by atoms with Crippen LogP contribution in [0.5, 0.6) is 0 Å². The van der Waals surface area contributed by atoms with Gasteiger partial charge >= 0.3 is 5.97 Å². The zero-order valence-electron chi connectivity index (χ0n) is 12.4. The number of hydrogen-bond donors (Lipinski definition) is 1. The number of carboxylic acids is 1. The third kappa shape index (κ3) is 3.70. The predicted octanol–water partition coefficient (Wildman–Crippen LogP) is 0.662. The Bertz CT molecular complexity index is 441. The van der Waals surface area contributed by atoms with Gasteiger partial charge in [-0.05, 0) is 13.8 Å². The highest BCUT2D eigenvalue weighted by atomic mass is 32.2. The monoisotopic (exact) mass is 314 g/mol. The fourth-order valence-electron chi connectivity index (χ4n) is 2.95. The van der Waals surface area contributed by atoms with Crippen molar-refractivity contribution in [2.75, 3.05) is 24.6 Å². The van der Waals surface area contributed by atoms with Gasteiger partial charge in [0.15, 0.2) is 0 Å². The molecular formula is C14H22N2O4S. The van der Waals surface area contributed by atoms with E-state index in [1.807, 2.05) is 13.8 Å². The molecule has 2 unspecified atom stereocenters. The van der Waals surface area contributed by atoms with Crippen LogP contribution in [0.1, 0.15) is 26.7 Å². The Morgan fingerprint density at radius 2 is 2.14 bits per heavy atom. The first kappa shape index (κ1) is 16.1. The van der Waals surface area contributed by atoms with Gasteiger partial charge in [0, 0.05) is 37.1 Å². The van der Waals surface area contributed by atoms with Gasteiger partial charge < -0.3 is 14.9 Å². The number of thioether (sulfide) groups is 1. The Labute approximate surface area is 128 Å². The van der Waals surface area contributed by atoms with Crippen LogP contribution >= 0.6 is 11.8 Å². The van der Waals surface area contributed by atoms with Crippen LogP contribution in [0, 0.1) is 5.92 Å². The number of likely N-dealkylation sites (tertiary alicyclic amines) is 1. The lowest BCUT2D eigenvalue weighted by Gasteiger charge is -2.36. The Morgan fingerprint density at radius 3 is 2.71 bits per heavy atom. The lowest BCUT2D eigenvalue weighted by atomic mass is 10.0. The third-order valence-corrected chi connectivity index (χ3v) is 5.14. The standard InChI is InChI=1S/C14H22N2O4S/c1-9(2)16-7-10(5-12(16)17)14(20)15-3-4-21-8-11(15)6-13(18)19/h9-11H,3-8H2,1-2H3,(H,18,19). The number of aliphatic carboxylic acids is 1. The summed E-state index contributed by atoms with van der Waals surface area (Å²) in [6.07, 6.45) is 0.230. The SMILES string of the molecule is CC(C)N1CC(C(=O)N2CCSCC2CC(=O)O)CC1=O. The molecule has 6 nitrogen and oxygen atoms in total.